The molecule has 0 radical (unpaired) electrons. The predicted octanol–water partition coefficient (Wildman–Crippen LogP) is 14.0. The molecule has 392 valence electrons. The Balaban J connectivity index is 0.000000980. The highest BCUT2D eigenvalue weighted by Crippen LogP contribution is 2.18. The highest BCUT2D eigenvalue weighted by molar-refractivity contribution is 7.14. The van der Waals surface area contributed by atoms with Gasteiger partial charge in [-0.3, -0.25) is 19.2 Å². The number of anilines is 8. The fraction of sp³-hybridized carbons (Fsp3) is 0.245. The predicted molar refractivity (Wildman–Crippen MR) is 314 cm³/mol. The number of aromatic nitrogens is 4. The van der Waals surface area contributed by atoms with Crippen LogP contribution in [0.3, 0.4) is 0 Å². The third-order valence-electron chi connectivity index (χ3n) is 9.61. The van der Waals surface area contributed by atoms with Crippen molar-refractivity contribution in [1.29, 1.82) is 0 Å². The van der Waals surface area contributed by atoms with Crippen molar-refractivity contribution in [2.24, 2.45) is 0 Å². The van der Waals surface area contributed by atoms with E-state index in [9.17, 15) is 19.2 Å². The van der Waals surface area contributed by atoms with Crippen LogP contribution in [0, 0.1) is 0 Å². The van der Waals surface area contributed by atoms with Gasteiger partial charge in [0.2, 0.25) is 23.6 Å². The minimum absolute atomic E-state index is 0. The molecule has 0 unspecified atom stereocenters. The molecule has 73 heavy (non-hydrogen) atoms. The average molecular weight is 1080 g/mol. The van der Waals surface area contributed by atoms with E-state index in [1.54, 1.807) is 70.1 Å². The smallest absolute Gasteiger partial charge is 0.224 e. The number of carbonyl (C=O) groups excluding carboxylic acids is 4. The van der Waals surface area contributed by atoms with E-state index in [4.69, 9.17) is 0 Å². The van der Waals surface area contributed by atoms with Crippen LogP contribution in [-0.2, 0) is 45.4 Å². The van der Waals surface area contributed by atoms with E-state index in [1.165, 1.54) is 6.92 Å². The van der Waals surface area contributed by atoms with E-state index in [0.29, 0.717) is 19.3 Å². The van der Waals surface area contributed by atoms with Crippen LogP contribution in [0.2, 0.25) is 0 Å². The number of rotatable bonds is 20. The van der Waals surface area contributed by atoms with E-state index in [1.807, 2.05) is 139 Å². The van der Waals surface area contributed by atoms with Gasteiger partial charge in [0.25, 0.3) is 0 Å². The van der Waals surface area contributed by atoms with Gasteiger partial charge in [0.15, 0.2) is 20.5 Å². The van der Waals surface area contributed by atoms with Gasteiger partial charge in [0, 0.05) is 127 Å². The zero-order chi connectivity index (χ0) is 51.2. The molecule has 0 saturated heterocycles. The molecule has 0 saturated carbocycles. The molecule has 8 N–H and O–H groups in total. The lowest BCUT2D eigenvalue weighted by Gasteiger charge is -2.06. The second-order valence-corrected chi connectivity index (χ2v) is 18.9. The van der Waals surface area contributed by atoms with E-state index < -0.39 is 0 Å². The topological polar surface area (TPSA) is 216 Å². The Morgan fingerprint density at radius 3 is 0.890 bits per heavy atom. The molecule has 8 rings (SSSR count). The van der Waals surface area contributed by atoms with Gasteiger partial charge in [-0.25, -0.2) is 19.9 Å². The SMILES string of the molecule is C.CC(=O)Nc1ccc(CNc2nccs2)cc1.CCC(=O)Nc1ccc(CNc2nccs2)cc1.CCC(=O)Nc1ccc(CNc2nccs2)cc1.CCCC(=O)Nc1ccc(CNc2nccs2)cc1.[3HH].[3HH].[3HH].[3HH]. The zero-order valence-electron chi connectivity index (χ0n) is 40.6. The van der Waals surface area contributed by atoms with Crippen LogP contribution in [0.1, 0.15) is 88.8 Å². The lowest BCUT2D eigenvalue weighted by atomic mass is 10.2. The zero-order valence-corrected chi connectivity index (χ0v) is 43.8. The van der Waals surface area contributed by atoms with Crippen molar-refractivity contribution in [1.82, 2.24) is 19.9 Å². The molecule has 4 amide bonds. The first kappa shape index (κ1) is 58.1. The molecule has 0 fully saturated rings. The fourth-order valence-electron chi connectivity index (χ4n) is 5.93. The molecular formula is C53H72N12O4S4. The van der Waals surface area contributed by atoms with Crippen LogP contribution in [0.4, 0.5) is 43.3 Å². The maximum Gasteiger partial charge on any atom is 0.224 e. The number of carbonyl (C=O) groups is 4. The van der Waals surface area contributed by atoms with Crippen molar-refractivity contribution in [2.75, 3.05) is 42.5 Å². The summed E-state index contributed by atoms with van der Waals surface area (Å²) >= 11 is 6.31. The molecule has 0 bridgehead atoms. The minimum atomic E-state index is -0.0568. The van der Waals surface area contributed by atoms with Gasteiger partial charge in [-0.15, -0.1) is 45.3 Å². The van der Waals surface area contributed by atoms with E-state index >= 15 is 0 Å². The van der Waals surface area contributed by atoms with E-state index in [2.05, 4.69) is 62.5 Å². The van der Waals surface area contributed by atoms with Crippen molar-refractivity contribution in [3.63, 3.8) is 0 Å². The van der Waals surface area contributed by atoms with Crippen LogP contribution in [0.25, 0.3) is 0 Å². The maximum atomic E-state index is 11.4. The number of amides is 4. The minimum Gasteiger partial charge on any atom is -0.357 e. The molecule has 20 heteroatoms. The summed E-state index contributed by atoms with van der Waals surface area (Å²) in [7, 11) is 0. The molecule has 0 aliphatic heterocycles. The van der Waals surface area contributed by atoms with Gasteiger partial charge in [0.05, 0.1) is 0 Å². The summed E-state index contributed by atoms with van der Waals surface area (Å²) in [6.07, 6.45) is 9.51. The Morgan fingerprint density at radius 2 is 0.671 bits per heavy atom. The number of hydrogen-bond acceptors (Lipinski definition) is 16. The summed E-state index contributed by atoms with van der Waals surface area (Å²) in [6.45, 7) is 10.1. The van der Waals surface area contributed by atoms with Gasteiger partial charge in [-0.05, 0) is 77.2 Å². The molecule has 8 aromatic rings. The third-order valence-corrected chi connectivity index (χ3v) is 12.5. The Labute approximate surface area is 449 Å². The van der Waals surface area contributed by atoms with Gasteiger partial charge >= 0.3 is 0 Å². The van der Waals surface area contributed by atoms with Crippen molar-refractivity contribution in [3.8, 4) is 0 Å². The van der Waals surface area contributed by atoms with Crippen molar-refractivity contribution in [2.45, 2.75) is 87.0 Å². The molecule has 0 atom stereocenters. The van der Waals surface area contributed by atoms with Crippen LogP contribution in [-0.4, -0.2) is 43.6 Å². The van der Waals surface area contributed by atoms with Crippen LogP contribution >= 0.6 is 45.3 Å². The summed E-state index contributed by atoms with van der Waals surface area (Å²) in [5.74, 6) is 0.0714. The Hall–Kier alpha value is -7.52. The summed E-state index contributed by atoms with van der Waals surface area (Å²) in [5.41, 5.74) is 7.93. The van der Waals surface area contributed by atoms with Gasteiger partial charge < -0.3 is 42.5 Å². The number of nitrogens with one attached hydrogen (secondary N) is 8. The molecule has 4 aromatic carbocycles. The van der Waals surface area contributed by atoms with E-state index in [0.717, 1.165) is 98.1 Å². The Bertz CT molecular complexity index is 2670. The van der Waals surface area contributed by atoms with Crippen molar-refractivity contribution in [3.05, 3.63) is 166 Å². The molecule has 4 heterocycles. The summed E-state index contributed by atoms with van der Waals surface area (Å²) in [4.78, 5) is 61.3. The van der Waals surface area contributed by atoms with Gasteiger partial charge in [0.1, 0.15) is 0 Å². The first-order chi connectivity index (χ1) is 35.1. The maximum absolute atomic E-state index is 11.4. The first-order valence-corrected chi connectivity index (χ1v) is 26.7. The highest BCUT2D eigenvalue weighted by Gasteiger charge is 2.04. The second-order valence-electron chi connectivity index (χ2n) is 15.3. The van der Waals surface area contributed by atoms with Crippen LogP contribution in [0.5, 0.6) is 0 Å². The Kier molecular flexibility index (Phi) is 26.4. The normalized spacial score (nSPS) is 9.92. The molecule has 0 spiro atoms. The van der Waals surface area contributed by atoms with Gasteiger partial charge in [-0.1, -0.05) is 76.7 Å². The van der Waals surface area contributed by atoms with Gasteiger partial charge in [-0.2, -0.15) is 0 Å². The van der Waals surface area contributed by atoms with Crippen LogP contribution < -0.4 is 42.5 Å². The first-order valence-electron chi connectivity index (χ1n) is 23.1. The largest absolute Gasteiger partial charge is 0.357 e. The molecule has 4 aromatic heterocycles. The second kappa shape index (κ2) is 33.2. The lowest BCUT2D eigenvalue weighted by molar-refractivity contribution is -0.116. The van der Waals surface area contributed by atoms with Crippen molar-refractivity contribution >= 4 is 112 Å². The third kappa shape index (κ3) is 23.5. The molecule has 0 aliphatic carbocycles. The number of thiazole rings is 4. The van der Waals surface area contributed by atoms with E-state index in [-0.39, 0.29) is 36.8 Å². The number of benzene rings is 4. The summed E-state index contributed by atoms with van der Waals surface area (Å²) in [6, 6.07) is 31.2. The number of nitrogens with zero attached hydrogens (tertiary/aromatic N) is 4. The quantitative estimate of drug-likeness (QED) is 0.0358. The van der Waals surface area contributed by atoms with Crippen molar-refractivity contribution < 1.29 is 24.9 Å². The fourth-order valence-corrected chi connectivity index (χ4v) is 8.04. The summed E-state index contributed by atoms with van der Waals surface area (Å²) < 4.78 is 0. The standard InChI is InChI=1S/C14H17N3OS.2C13H15N3OS.C12H13N3OS.CH4.4H2/c1-2-3-13(18)17-12-6-4-11(5-7-12)10-16-14-15-8-9-19-14;2*1-2-12(17)16-11-5-3-10(4-6-11)9-15-13-14-7-8-18-13;1-9(16)15-11-4-2-10(3-5-11)8-14-12-13-6-7-17-12;;;;;/h4-9H,2-3,10H2,1H3,(H,15,16)(H,17,18);2*3-8H,2,9H2,1H3,(H,14,15)(H,16,17);2-7H,8H2,1H3,(H,13,14)(H,15,16);1H4;4*1H/i;;;;;4*1+2. The summed E-state index contributed by atoms with van der Waals surface area (Å²) in [5, 5.41) is 35.6. The molecule has 16 nitrogen and oxygen atoms in total. The highest BCUT2D eigenvalue weighted by atomic mass is 32.1. The van der Waals surface area contributed by atoms with Crippen LogP contribution in [0.15, 0.2) is 143 Å². The molecule has 0 aliphatic rings. The molecular weight excluding hydrogens is 997 g/mol. The lowest BCUT2D eigenvalue weighted by Crippen LogP contribution is -2.10. The monoisotopic (exact) mass is 1080 g/mol. The Morgan fingerprint density at radius 1 is 0.411 bits per heavy atom. The number of hydrogen-bond donors (Lipinski definition) is 8. The average Bonchev–Trinajstić information content (AvgIpc) is 4.27.